The van der Waals surface area contributed by atoms with Crippen molar-refractivity contribution >= 4 is 26.6 Å². The summed E-state index contributed by atoms with van der Waals surface area (Å²) >= 11 is 0. The predicted molar refractivity (Wildman–Crippen MR) is 59.3 cm³/mol. The van der Waals surface area contributed by atoms with Gasteiger partial charge >= 0.3 is 29.6 Å². The predicted octanol–water partition coefficient (Wildman–Crippen LogP) is -1.21. The minimum absolute atomic E-state index is 0. The van der Waals surface area contributed by atoms with Crippen molar-refractivity contribution in [3.05, 3.63) is 36.4 Å². The first-order chi connectivity index (χ1) is 6.98. The van der Waals surface area contributed by atoms with Crippen LogP contribution in [-0.4, -0.2) is 13.0 Å². The summed E-state index contributed by atoms with van der Waals surface area (Å²) in [6.07, 6.45) is 0. The summed E-state index contributed by atoms with van der Waals surface area (Å²) in [7, 11) is -4.18. The molecule has 2 rings (SSSR count). The molecule has 0 saturated heterocycles. The van der Waals surface area contributed by atoms with E-state index in [1.165, 1.54) is 6.07 Å². The number of hydrogen-bond acceptors (Lipinski definition) is 3. The summed E-state index contributed by atoms with van der Waals surface area (Å²) in [6.45, 7) is 0. The number of benzene rings is 2. The SMILES string of the molecule is Nc1ccc2c(S(=O)(=O)O)cccc2c1.[H-].[Na+]. The van der Waals surface area contributed by atoms with Crippen molar-refractivity contribution in [2.75, 3.05) is 5.73 Å². The summed E-state index contributed by atoms with van der Waals surface area (Å²) in [5, 5.41) is 1.15. The first kappa shape index (κ1) is 13.5. The number of nitrogen functional groups attached to an aromatic ring is 1. The van der Waals surface area contributed by atoms with Crippen LogP contribution < -0.4 is 35.3 Å². The largest absolute Gasteiger partial charge is 1.00 e. The maximum atomic E-state index is 11.1. The number of hydrogen-bond donors (Lipinski definition) is 2. The summed E-state index contributed by atoms with van der Waals surface area (Å²) in [6, 6.07) is 9.48. The zero-order chi connectivity index (χ0) is 11.1. The fraction of sp³-hybridized carbons (Fsp3) is 0. The first-order valence-corrected chi connectivity index (χ1v) is 5.68. The van der Waals surface area contributed by atoms with Gasteiger partial charge in [-0.3, -0.25) is 4.55 Å². The summed E-state index contributed by atoms with van der Waals surface area (Å²) < 4.78 is 31.1. The van der Waals surface area contributed by atoms with Crippen LogP contribution in [0, 0.1) is 0 Å². The van der Waals surface area contributed by atoms with Gasteiger partial charge in [0.15, 0.2) is 0 Å². The molecule has 0 aliphatic rings. The van der Waals surface area contributed by atoms with E-state index in [4.69, 9.17) is 10.3 Å². The molecule has 0 spiro atoms. The molecule has 0 aliphatic carbocycles. The van der Waals surface area contributed by atoms with E-state index in [0.717, 1.165) is 0 Å². The van der Waals surface area contributed by atoms with Crippen LogP contribution in [0.2, 0.25) is 0 Å². The standard InChI is InChI=1S/C10H9NO3S.Na.H/c11-8-4-5-9-7(6-8)2-1-3-10(9)15(12,13)14;;/h1-6H,11H2,(H,12,13,14);;/q;+1;-1. The van der Waals surface area contributed by atoms with Gasteiger partial charge in [-0.05, 0) is 23.6 Å². The first-order valence-electron chi connectivity index (χ1n) is 4.24. The maximum absolute atomic E-state index is 11.1. The van der Waals surface area contributed by atoms with Gasteiger partial charge in [0.25, 0.3) is 10.1 Å². The molecule has 3 N–H and O–H groups in total. The van der Waals surface area contributed by atoms with Gasteiger partial charge in [-0.25, -0.2) is 0 Å². The Morgan fingerprint density at radius 3 is 2.50 bits per heavy atom. The molecule has 0 fully saturated rings. The second kappa shape index (κ2) is 4.73. The molecule has 4 nitrogen and oxygen atoms in total. The normalized spacial score (nSPS) is 11.1. The molecular weight excluding hydrogens is 237 g/mol. The average Bonchev–Trinajstić information content (AvgIpc) is 2.15. The fourth-order valence-electron chi connectivity index (χ4n) is 1.50. The van der Waals surface area contributed by atoms with Gasteiger partial charge in [-0.2, -0.15) is 8.42 Å². The number of fused-ring (bicyclic) bond motifs is 1. The molecule has 0 unspecified atom stereocenters. The molecule has 0 heterocycles. The van der Waals surface area contributed by atoms with E-state index in [1.807, 2.05) is 0 Å². The molecule has 0 aliphatic heterocycles. The number of nitrogens with two attached hydrogens (primary N) is 1. The van der Waals surface area contributed by atoms with Crippen LogP contribution in [0.3, 0.4) is 0 Å². The minimum Gasteiger partial charge on any atom is -1.00 e. The Hall–Kier alpha value is -0.590. The van der Waals surface area contributed by atoms with Crippen molar-refractivity contribution in [2.24, 2.45) is 0 Å². The Bertz CT molecular complexity index is 630. The molecule has 6 heteroatoms. The van der Waals surface area contributed by atoms with E-state index < -0.39 is 10.1 Å². The Kier molecular flexibility index (Phi) is 3.98. The Morgan fingerprint density at radius 1 is 1.19 bits per heavy atom. The van der Waals surface area contributed by atoms with Crippen LogP contribution in [-0.2, 0) is 10.1 Å². The molecule has 2 aromatic carbocycles. The molecular formula is C10H10NNaO3S. The maximum Gasteiger partial charge on any atom is 1.00 e. The quantitative estimate of drug-likeness (QED) is 0.376. The van der Waals surface area contributed by atoms with E-state index in [0.29, 0.717) is 16.5 Å². The summed E-state index contributed by atoms with van der Waals surface area (Å²) in [5.74, 6) is 0. The van der Waals surface area contributed by atoms with Gasteiger partial charge < -0.3 is 7.16 Å². The van der Waals surface area contributed by atoms with Crippen LogP contribution in [0.15, 0.2) is 41.3 Å². The zero-order valence-corrected chi connectivity index (χ0v) is 11.5. The topological polar surface area (TPSA) is 80.4 Å². The number of anilines is 1. The van der Waals surface area contributed by atoms with E-state index in [2.05, 4.69) is 0 Å². The summed E-state index contributed by atoms with van der Waals surface area (Å²) in [4.78, 5) is -0.0972. The van der Waals surface area contributed by atoms with Crippen molar-refractivity contribution in [1.82, 2.24) is 0 Å². The third-order valence-electron chi connectivity index (χ3n) is 2.14. The fourth-order valence-corrected chi connectivity index (χ4v) is 2.21. The van der Waals surface area contributed by atoms with Crippen LogP contribution in [0.4, 0.5) is 5.69 Å². The van der Waals surface area contributed by atoms with Crippen molar-refractivity contribution in [3.8, 4) is 0 Å². The third-order valence-corrected chi connectivity index (χ3v) is 3.05. The van der Waals surface area contributed by atoms with Gasteiger partial charge in [-0.1, -0.05) is 18.2 Å². The zero-order valence-electron chi connectivity index (χ0n) is 9.71. The molecule has 0 aromatic heterocycles. The molecule has 0 radical (unpaired) electrons. The van der Waals surface area contributed by atoms with E-state index in [9.17, 15) is 8.42 Å². The van der Waals surface area contributed by atoms with Crippen LogP contribution >= 0.6 is 0 Å². The molecule has 2 aromatic rings. The third kappa shape index (κ3) is 2.56. The second-order valence-corrected chi connectivity index (χ2v) is 4.60. The van der Waals surface area contributed by atoms with Gasteiger partial charge in [0.1, 0.15) is 4.90 Å². The van der Waals surface area contributed by atoms with E-state index in [-0.39, 0.29) is 35.9 Å². The summed E-state index contributed by atoms with van der Waals surface area (Å²) in [5.41, 5.74) is 6.12. The van der Waals surface area contributed by atoms with Crippen molar-refractivity contribution in [3.63, 3.8) is 0 Å². The van der Waals surface area contributed by atoms with Crippen molar-refractivity contribution < 1.29 is 44.0 Å². The van der Waals surface area contributed by atoms with Crippen LogP contribution in [0.5, 0.6) is 0 Å². The van der Waals surface area contributed by atoms with E-state index in [1.54, 1.807) is 30.3 Å². The molecule has 0 bridgehead atoms. The van der Waals surface area contributed by atoms with Crippen molar-refractivity contribution in [2.45, 2.75) is 4.90 Å². The monoisotopic (exact) mass is 247 g/mol. The van der Waals surface area contributed by atoms with Gasteiger partial charge in [0.05, 0.1) is 0 Å². The Balaban J connectivity index is 0.00000128. The second-order valence-electron chi connectivity index (χ2n) is 3.21. The minimum atomic E-state index is -4.18. The Labute approximate surface area is 117 Å². The van der Waals surface area contributed by atoms with Crippen LogP contribution in [0.1, 0.15) is 1.43 Å². The Morgan fingerprint density at radius 2 is 1.88 bits per heavy atom. The van der Waals surface area contributed by atoms with Gasteiger partial charge in [0, 0.05) is 11.1 Å². The smallest absolute Gasteiger partial charge is 1.00 e. The molecule has 0 amide bonds. The molecule has 16 heavy (non-hydrogen) atoms. The van der Waals surface area contributed by atoms with Gasteiger partial charge in [0.2, 0.25) is 0 Å². The molecule has 0 atom stereocenters. The number of rotatable bonds is 1. The van der Waals surface area contributed by atoms with Crippen LogP contribution in [0.25, 0.3) is 10.8 Å². The van der Waals surface area contributed by atoms with E-state index >= 15 is 0 Å². The van der Waals surface area contributed by atoms with Gasteiger partial charge in [-0.15, -0.1) is 0 Å². The van der Waals surface area contributed by atoms with Crippen molar-refractivity contribution in [1.29, 1.82) is 0 Å². The average molecular weight is 247 g/mol. The molecule has 0 saturated carbocycles. The molecule has 80 valence electrons.